The van der Waals surface area contributed by atoms with Crippen molar-refractivity contribution in [2.24, 2.45) is 0 Å². The largest absolute Gasteiger partial charge is 0.487 e. The van der Waals surface area contributed by atoms with Gasteiger partial charge in [-0.3, -0.25) is 13.9 Å². The summed E-state index contributed by atoms with van der Waals surface area (Å²) in [4.78, 5) is 14.8. The average Bonchev–Trinajstić information content (AvgIpc) is 3.28. The van der Waals surface area contributed by atoms with E-state index in [-0.39, 0.29) is 11.7 Å². The standard InChI is InChI=1S/C23H25FN2O4S/c24-17-4-6-20-19(13-17)21(23(27)25-20)22-18-5-3-15(12-16(18)14-30-22)2-1-7-26-8-10-31(28,29)11-9-26/h3-6,12-13,28-29H,1-2,7-11,14H2,(H,25,27). The summed E-state index contributed by atoms with van der Waals surface area (Å²) >= 11 is 0. The molecule has 3 N–H and O–H groups in total. The Hall–Kier alpha value is -2.39. The number of hydrogen-bond donors (Lipinski definition) is 3. The van der Waals surface area contributed by atoms with Gasteiger partial charge in [-0.15, -0.1) is 0 Å². The number of amides is 1. The number of fused-ring (bicyclic) bond motifs is 2. The molecular weight excluding hydrogens is 419 g/mol. The highest BCUT2D eigenvalue weighted by molar-refractivity contribution is 8.24. The molecule has 31 heavy (non-hydrogen) atoms. The van der Waals surface area contributed by atoms with Crippen LogP contribution >= 0.6 is 10.6 Å². The van der Waals surface area contributed by atoms with Gasteiger partial charge >= 0.3 is 0 Å². The van der Waals surface area contributed by atoms with Crippen molar-refractivity contribution < 1.29 is 23.0 Å². The van der Waals surface area contributed by atoms with Crippen molar-refractivity contribution >= 4 is 33.5 Å². The SMILES string of the molecule is O=C1Nc2ccc(F)cc2C1=C1OCc2cc(CCCN3CCS(O)(O)CC3)ccc21. The van der Waals surface area contributed by atoms with Gasteiger partial charge in [0, 0.05) is 35.5 Å². The maximum absolute atomic E-state index is 13.8. The Morgan fingerprint density at radius 3 is 2.71 bits per heavy atom. The first kappa shape index (κ1) is 20.5. The second kappa shape index (κ2) is 7.94. The number of rotatable bonds is 4. The summed E-state index contributed by atoms with van der Waals surface area (Å²) in [5, 5.41) is 2.78. The Morgan fingerprint density at radius 2 is 1.90 bits per heavy atom. The molecule has 8 heteroatoms. The van der Waals surface area contributed by atoms with Crippen LogP contribution in [0, 0.1) is 5.82 Å². The van der Waals surface area contributed by atoms with Gasteiger partial charge in [0.2, 0.25) is 0 Å². The van der Waals surface area contributed by atoms with Crippen molar-refractivity contribution in [3.05, 3.63) is 64.5 Å². The van der Waals surface area contributed by atoms with Crippen LogP contribution in [0.2, 0.25) is 0 Å². The first-order valence-corrected chi connectivity index (χ1v) is 12.3. The lowest BCUT2D eigenvalue weighted by atomic mass is 9.98. The fourth-order valence-corrected chi connectivity index (χ4v) is 5.74. The topological polar surface area (TPSA) is 82.0 Å². The molecule has 1 amide bonds. The van der Waals surface area contributed by atoms with Crippen molar-refractivity contribution in [1.82, 2.24) is 4.90 Å². The van der Waals surface area contributed by atoms with Crippen LogP contribution in [0.4, 0.5) is 10.1 Å². The lowest BCUT2D eigenvalue weighted by molar-refractivity contribution is -0.110. The molecule has 0 aliphatic carbocycles. The summed E-state index contributed by atoms with van der Waals surface area (Å²) in [5.41, 5.74) is 4.64. The van der Waals surface area contributed by atoms with Gasteiger partial charge in [-0.1, -0.05) is 18.2 Å². The maximum Gasteiger partial charge on any atom is 0.260 e. The van der Waals surface area contributed by atoms with E-state index in [1.165, 1.54) is 17.7 Å². The first-order valence-electron chi connectivity index (χ1n) is 10.5. The van der Waals surface area contributed by atoms with E-state index in [1.807, 2.05) is 6.07 Å². The molecule has 164 valence electrons. The molecule has 0 saturated carbocycles. The molecular formula is C23H25FN2O4S. The van der Waals surface area contributed by atoms with Crippen LogP contribution in [0.1, 0.15) is 28.7 Å². The monoisotopic (exact) mass is 444 g/mol. The second-order valence-corrected chi connectivity index (χ2v) is 10.7. The van der Waals surface area contributed by atoms with Crippen LogP contribution in [0.5, 0.6) is 0 Å². The Balaban J connectivity index is 1.29. The zero-order valence-electron chi connectivity index (χ0n) is 17.1. The zero-order valence-corrected chi connectivity index (χ0v) is 17.9. The Morgan fingerprint density at radius 1 is 1.10 bits per heavy atom. The smallest absolute Gasteiger partial charge is 0.260 e. The molecule has 0 atom stereocenters. The molecule has 0 aromatic heterocycles. The van der Waals surface area contributed by atoms with E-state index in [0.29, 0.717) is 40.7 Å². The molecule has 0 unspecified atom stereocenters. The van der Waals surface area contributed by atoms with Crippen LogP contribution in [-0.2, 0) is 22.6 Å². The summed E-state index contributed by atoms with van der Waals surface area (Å²) in [6.45, 7) is 2.80. The van der Waals surface area contributed by atoms with E-state index in [2.05, 4.69) is 22.3 Å². The van der Waals surface area contributed by atoms with Crippen molar-refractivity contribution in [1.29, 1.82) is 0 Å². The van der Waals surface area contributed by atoms with Crippen LogP contribution in [-0.4, -0.2) is 51.1 Å². The summed E-state index contributed by atoms with van der Waals surface area (Å²) in [6, 6.07) is 10.4. The number of aryl methyl sites for hydroxylation is 1. The highest BCUT2D eigenvalue weighted by Gasteiger charge is 2.32. The van der Waals surface area contributed by atoms with Gasteiger partial charge in [0.15, 0.2) is 0 Å². The highest BCUT2D eigenvalue weighted by Crippen LogP contribution is 2.42. The van der Waals surface area contributed by atoms with Crippen molar-refractivity contribution in [3.63, 3.8) is 0 Å². The summed E-state index contributed by atoms with van der Waals surface area (Å²) in [5.74, 6) is 0.796. The number of ether oxygens (including phenoxy) is 1. The minimum atomic E-state index is -2.35. The minimum Gasteiger partial charge on any atom is -0.487 e. The second-order valence-electron chi connectivity index (χ2n) is 8.28. The van der Waals surface area contributed by atoms with Gasteiger partial charge in [-0.25, -0.2) is 4.39 Å². The molecule has 2 aromatic rings. The number of benzene rings is 2. The van der Waals surface area contributed by atoms with E-state index in [0.717, 1.165) is 43.6 Å². The predicted octanol–water partition coefficient (Wildman–Crippen LogP) is 4.18. The van der Waals surface area contributed by atoms with Crippen molar-refractivity contribution in [3.8, 4) is 0 Å². The normalized spacial score (nSPS) is 23.1. The van der Waals surface area contributed by atoms with Gasteiger partial charge in [0.1, 0.15) is 18.2 Å². The molecule has 3 aliphatic rings. The van der Waals surface area contributed by atoms with Crippen LogP contribution in [0.3, 0.4) is 0 Å². The fourth-order valence-electron chi connectivity index (χ4n) is 4.44. The number of nitrogens with zero attached hydrogens (tertiary/aromatic N) is 1. The third-order valence-electron chi connectivity index (χ3n) is 6.15. The van der Waals surface area contributed by atoms with Gasteiger partial charge in [0.25, 0.3) is 5.91 Å². The number of carbonyl (C=O) groups excluding carboxylic acids is 1. The fraction of sp³-hybridized carbons (Fsp3) is 0.348. The summed E-state index contributed by atoms with van der Waals surface area (Å²) in [6.07, 6.45) is 1.91. The van der Waals surface area contributed by atoms with E-state index in [9.17, 15) is 18.3 Å². The summed E-state index contributed by atoms with van der Waals surface area (Å²) in [7, 11) is -2.35. The molecule has 5 rings (SSSR count). The number of nitrogens with one attached hydrogen (secondary N) is 1. The first-order chi connectivity index (χ1) is 14.9. The molecule has 1 fully saturated rings. The van der Waals surface area contributed by atoms with Gasteiger partial charge in [0.05, 0.1) is 17.1 Å². The zero-order chi connectivity index (χ0) is 21.6. The van der Waals surface area contributed by atoms with E-state index in [1.54, 1.807) is 6.07 Å². The molecule has 6 nitrogen and oxygen atoms in total. The lowest BCUT2D eigenvalue weighted by Gasteiger charge is -2.41. The maximum atomic E-state index is 13.8. The van der Waals surface area contributed by atoms with Gasteiger partial charge < -0.3 is 15.0 Å². The number of carbonyl (C=O) groups is 1. The van der Waals surface area contributed by atoms with E-state index >= 15 is 0 Å². The lowest BCUT2D eigenvalue weighted by Crippen LogP contribution is -2.38. The third-order valence-corrected chi connectivity index (χ3v) is 7.82. The Labute approximate surface area is 182 Å². The van der Waals surface area contributed by atoms with Crippen LogP contribution < -0.4 is 5.32 Å². The van der Waals surface area contributed by atoms with Crippen LogP contribution in [0.25, 0.3) is 11.3 Å². The van der Waals surface area contributed by atoms with Crippen molar-refractivity contribution in [2.75, 3.05) is 36.5 Å². The van der Waals surface area contributed by atoms with Gasteiger partial charge in [-0.2, -0.15) is 10.6 Å². The molecule has 0 spiro atoms. The van der Waals surface area contributed by atoms with Gasteiger partial charge in [-0.05, 0) is 43.1 Å². The number of anilines is 1. The number of hydrogen-bond acceptors (Lipinski definition) is 5. The van der Waals surface area contributed by atoms with E-state index < -0.39 is 10.6 Å². The minimum absolute atomic E-state index is 0.273. The molecule has 0 bridgehead atoms. The molecule has 3 heterocycles. The molecule has 3 aliphatic heterocycles. The average molecular weight is 445 g/mol. The van der Waals surface area contributed by atoms with E-state index in [4.69, 9.17) is 4.74 Å². The predicted molar refractivity (Wildman–Crippen MR) is 120 cm³/mol. The summed E-state index contributed by atoms with van der Waals surface area (Å²) < 4.78 is 39.1. The Kier molecular flexibility index (Phi) is 5.26. The van der Waals surface area contributed by atoms with Crippen molar-refractivity contribution in [2.45, 2.75) is 19.4 Å². The van der Waals surface area contributed by atoms with Crippen LogP contribution in [0.15, 0.2) is 36.4 Å². The molecule has 0 radical (unpaired) electrons. The Bertz CT molecular complexity index is 1080. The molecule has 2 aromatic carbocycles. The highest BCUT2D eigenvalue weighted by atomic mass is 32.3. The third kappa shape index (κ3) is 4.08. The number of halogens is 1. The quantitative estimate of drug-likeness (QED) is 0.617. The molecule has 1 saturated heterocycles.